The van der Waals surface area contributed by atoms with E-state index < -0.39 is 10.0 Å². The van der Waals surface area contributed by atoms with Crippen LogP contribution in [0.15, 0.2) is 23.1 Å². The quantitative estimate of drug-likeness (QED) is 0.741. The van der Waals surface area contributed by atoms with Gasteiger partial charge in [-0.1, -0.05) is 0 Å². The van der Waals surface area contributed by atoms with Crippen LogP contribution in [-0.4, -0.2) is 70.0 Å². The maximum absolute atomic E-state index is 12.8. The van der Waals surface area contributed by atoms with Crippen molar-refractivity contribution in [3.8, 4) is 5.75 Å². The number of nitrogens with zero attached hydrogens (tertiary/aromatic N) is 2. The summed E-state index contributed by atoms with van der Waals surface area (Å²) < 4.78 is 37.7. The summed E-state index contributed by atoms with van der Waals surface area (Å²) in [5, 5.41) is 0. The van der Waals surface area contributed by atoms with Crippen LogP contribution in [0.3, 0.4) is 0 Å². The summed E-state index contributed by atoms with van der Waals surface area (Å²) in [6, 6.07) is 4.87. The van der Waals surface area contributed by atoms with E-state index in [4.69, 9.17) is 9.47 Å². The molecule has 1 aromatic rings. The Morgan fingerprint density at radius 3 is 2.50 bits per heavy atom. The first-order valence-corrected chi connectivity index (χ1v) is 10.5. The van der Waals surface area contributed by atoms with Crippen molar-refractivity contribution < 1.29 is 22.7 Å². The molecule has 2 fully saturated rings. The number of sulfonamides is 1. The van der Waals surface area contributed by atoms with E-state index in [0.717, 1.165) is 31.5 Å². The van der Waals surface area contributed by atoms with Gasteiger partial charge in [-0.3, -0.25) is 4.79 Å². The molecule has 144 valence electrons. The topological polar surface area (TPSA) is 76.1 Å². The molecule has 1 aromatic carbocycles. The summed E-state index contributed by atoms with van der Waals surface area (Å²) in [6.07, 6.45) is 2.94. The van der Waals surface area contributed by atoms with Crippen molar-refractivity contribution in [1.82, 2.24) is 9.21 Å². The zero-order chi connectivity index (χ0) is 18.6. The van der Waals surface area contributed by atoms with E-state index in [0.29, 0.717) is 44.9 Å². The summed E-state index contributed by atoms with van der Waals surface area (Å²) in [4.78, 5) is 14.4. The predicted octanol–water partition coefficient (Wildman–Crippen LogP) is 1.27. The lowest BCUT2D eigenvalue weighted by atomic mass is 10.1. The minimum Gasteiger partial charge on any atom is -0.496 e. The highest BCUT2D eigenvalue weighted by Gasteiger charge is 2.27. The van der Waals surface area contributed by atoms with Gasteiger partial charge in [-0.2, -0.15) is 4.31 Å². The number of carbonyl (C=O) groups is 1. The number of rotatable bonds is 6. The molecule has 2 aliphatic heterocycles. The molecule has 26 heavy (non-hydrogen) atoms. The lowest BCUT2D eigenvalue weighted by molar-refractivity contribution is -0.130. The number of benzene rings is 1. The van der Waals surface area contributed by atoms with Crippen LogP contribution in [0.2, 0.25) is 0 Å². The van der Waals surface area contributed by atoms with Gasteiger partial charge in [0.15, 0.2) is 0 Å². The molecule has 0 saturated carbocycles. The standard InChI is InChI=1S/C18H26N2O5S/c1-24-17-6-5-16(26(22,23)20-10-12-25-13-11-20)14-15(17)4-7-18(21)19-8-2-3-9-19/h5-6,14H,2-4,7-13H2,1H3. The Bertz CT molecular complexity index is 738. The minimum absolute atomic E-state index is 0.117. The number of morpholine rings is 1. The number of aryl methyl sites for hydroxylation is 1. The monoisotopic (exact) mass is 382 g/mol. The van der Waals surface area contributed by atoms with Crippen molar-refractivity contribution in [3.05, 3.63) is 23.8 Å². The average Bonchev–Trinajstić information content (AvgIpc) is 3.21. The van der Waals surface area contributed by atoms with E-state index in [1.807, 2.05) is 4.90 Å². The molecule has 7 nitrogen and oxygen atoms in total. The van der Waals surface area contributed by atoms with E-state index in [-0.39, 0.29) is 10.8 Å². The van der Waals surface area contributed by atoms with Gasteiger partial charge in [-0.25, -0.2) is 8.42 Å². The SMILES string of the molecule is COc1ccc(S(=O)(=O)N2CCOCC2)cc1CCC(=O)N1CCCC1. The van der Waals surface area contributed by atoms with Crippen LogP contribution in [0.1, 0.15) is 24.8 Å². The summed E-state index contributed by atoms with van der Waals surface area (Å²) in [5.74, 6) is 0.728. The number of methoxy groups -OCH3 is 1. The number of ether oxygens (including phenoxy) is 2. The zero-order valence-electron chi connectivity index (χ0n) is 15.1. The number of carbonyl (C=O) groups excluding carboxylic acids is 1. The molecule has 3 rings (SSSR count). The number of hydrogen-bond donors (Lipinski definition) is 0. The summed E-state index contributed by atoms with van der Waals surface area (Å²) in [6.45, 7) is 3.18. The Morgan fingerprint density at radius 2 is 1.85 bits per heavy atom. The Balaban J connectivity index is 1.76. The molecule has 2 heterocycles. The average molecular weight is 382 g/mol. The Labute approximate surface area is 154 Å². The van der Waals surface area contributed by atoms with Gasteiger partial charge in [0.1, 0.15) is 5.75 Å². The van der Waals surface area contributed by atoms with Crippen LogP contribution in [0.4, 0.5) is 0 Å². The highest BCUT2D eigenvalue weighted by molar-refractivity contribution is 7.89. The maximum Gasteiger partial charge on any atom is 0.243 e. The molecule has 1 amide bonds. The van der Waals surface area contributed by atoms with Gasteiger partial charge in [0, 0.05) is 32.6 Å². The molecule has 0 spiro atoms. The molecular formula is C18H26N2O5S. The van der Waals surface area contributed by atoms with Crippen molar-refractivity contribution in [2.45, 2.75) is 30.6 Å². The summed E-state index contributed by atoms with van der Waals surface area (Å²) in [7, 11) is -2.01. The highest BCUT2D eigenvalue weighted by atomic mass is 32.2. The van der Waals surface area contributed by atoms with Gasteiger partial charge in [-0.05, 0) is 43.0 Å². The van der Waals surface area contributed by atoms with Crippen LogP contribution < -0.4 is 4.74 Å². The van der Waals surface area contributed by atoms with E-state index in [1.165, 1.54) is 4.31 Å². The molecule has 2 aliphatic rings. The van der Waals surface area contributed by atoms with Crippen LogP contribution in [-0.2, 0) is 26.0 Å². The largest absolute Gasteiger partial charge is 0.496 e. The van der Waals surface area contributed by atoms with E-state index in [1.54, 1.807) is 25.3 Å². The first kappa shape index (κ1) is 19.1. The predicted molar refractivity (Wildman–Crippen MR) is 96.7 cm³/mol. The number of hydrogen-bond acceptors (Lipinski definition) is 5. The fourth-order valence-electron chi connectivity index (χ4n) is 3.41. The second-order valence-corrected chi connectivity index (χ2v) is 8.52. The first-order valence-electron chi connectivity index (χ1n) is 9.05. The Hall–Kier alpha value is -1.64. The molecule has 0 aliphatic carbocycles. The lowest BCUT2D eigenvalue weighted by Crippen LogP contribution is -2.40. The van der Waals surface area contributed by atoms with Gasteiger partial charge in [-0.15, -0.1) is 0 Å². The van der Waals surface area contributed by atoms with Crippen molar-refractivity contribution >= 4 is 15.9 Å². The fourth-order valence-corrected chi connectivity index (χ4v) is 4.87. The van der Waals surface area contributed by atoms with E-state index in [9.17, 15) is 13.2 Å². The van der Waals surface area contributed by atoms with Crippen LogP contribution >= 0.6 is 0 Å². The number of likely N-dealkylation sites (tertiary alicyclic amines) is 1. The summed E-state index contributed by atoms with van der Waals surface area (Å²) in [5.41, 5.74) is 0.745. The molecule has 2 saturated heterocycles. The highest BCUT2D eigenvalue weighted by Crippen LogP contribution is 2.26. The van der Waals surface area contributed by atoms with Crippen LogP contribution in [0, 0.1) is 0 Å². The third-order valence-electron chi connectivity index (χ3n) is 4.93. The molecule has 0 unspecified atom stereocenters. The van der Waals surface area contributed by atoms with E-state index in [2.05, 4.69) is 0 Å². The van der Waals surface area contributed by atoms with Gasteiger partial charge in [0.2, 0.25) is 15.9 Å². The van der Waals surface area contributed by atoms with Gasteiger partial charge in [0.25, 0.3) is 0 Å². The second-order valence-electron chi connectivity index (χ2n) is 6.58. The molecule has 0 N–H and O–H groups in total. The summed E-state index contributed by atoms with van der Waals surface area (Å²) >= 11 is 0. The molecule has 0 radical (unpaired) electrons. The van der Waals surface area contributed by atoms with Crippen molar-refractivity contribution in [2.24, 2.45) is 0 Å². The normalized spacial score (nSPS) is 18.9. The third-order valence-corrected chi connectivity index (χ3v) is 6.82. The van der Waals surface area contributed by atoms with Crippen molar-refractivity contribution in [3.63, 3.8) is 0 Å². The van der Waals surface area contributed by atoms with Crippen LogP contribution in [0.25, 0.3) is 0 Å². The lowest BCUT2D eigenvalue weighted by Gasteiger charge is -2.26. The van der Waals surface area contributed by atoms with Gasteiger partial charge < -0.3 is 14.4 Å². The van der Waals surface area contributed by atoms with Crippen molar-refractivity contribution in [2.75, 3.05) is 46.5 Å². The Morgan fingerprint density at radius 1 is 1.15 bits per heavy atom. The van der Waals surface area contributed by atoms with E-state index >= 15 is 0 Å². The molecule has 0 atom stereocenters. The number of amides is 1. The zero-order valence-corrected chi connectivity index (χ0v) is 16.0. The van der Waals surface area contributed by atoms with Crippen molar-refractivity contribution in [1.29, 1.82) is 0 Å². The molecule has 8 heteroatoms. The van der Waals surface area contributed by atoms with Gasteiger partial charge in [0.05, 0.1) is 25.2 Å². The minimum atomic E-state index is -3.56. The van der Waals surface area contributed by atoms with Crippen LogP contribution in [0.5, 0.6) is 5.75 Å². The van der Waals surface area contributed by atoms with Gasteiger partial charge >= 0.3 is 0 Å². The third kappa shape index (κ3) is 4.19. The second kappa shape index (κ2) is 8.37. The first-order chi connectivity index (χ1) is 12.5. The maximum atomic E-state index is 12.8. The Kier molecular flexibility index (Phi) is 6.16. The molecular weight excluding hydrogens is 356 g/mol. The molecule has 0 aromatic heterocycles. The molecule has 0 bridgehead atoms. The smallest absolute Gasteiger partial charge is 0.243 e. The fraction of sp³-hybridized carbons (Fsp3) is 0.611.